The Morgan fingerprint density at radius 3 is 0.630 bits per heavy atom. The maximum Gasteiger partial charge on any atom is 0.0379 e. The molecule has 0 aromatic heterocycles. The fraction of sp³-hybridized carbons (Fsp3) is 1.00. The third kappa shape index (κ3) is 28.5. The molecule has 0 spiro atoms. The van der Waals surface area contributed by atoms with Gasteiger partial charge in [-0.3, -0.25) is 0 Å². The van der Waals surface area contributed by atoms with Crippen LogP contribution in [0.25, 0.3) is 0 Å². The first-order valence-electron chi connectivity index (χ1n) is 10.3. The monoisotopic (exact) mass is 617 g/mol. The van der Waals surface area contributed by atoms with Crippen molar-refractivity contribution in [2.75, 3.05) is 0 Å². The molecule has 0 fully saturated rings. The van der Waals surface area contributed by atoms with Crippen molar-refractivity contribution in [2.45, 2.75) is 118 Å². The molecule has 0 N–H and O–H groups in total. The molecule has 0 atom stereocenters. The molecule has 0 nitrogen and oxygen atoms in total. The average molecular weight is 617 g/mol. The maximum absolute atomic E-state index is 2.61. The van der Waals surface area contributed by atoms with E-state index in [0.29, 0.717) is 0 Å². The molecule has 7 radical (unpaired) electrons. The SMILES string of the molecule is C[Si](C)(C)[SiH][Si](C)(C)C.C[Si](C)(C)[Si]([Si](C)(C)C)[Si](C)(C)C.C[Si](C)C.[HH].[Sn]. The van der Waals surface area contributed by atoms with Gasteiger partial charge in [0.05, 0.1) is 0 Å². The van der Waals surface area contributed by atoms with Crippen molar-refractivity contribution >= 4 is 86.6 Å². The standard InChI is InChI=1S/C9H27Si4.C6H19Si3.C3H9Si.Sn.H2/c1-11(2,3)10(12(4,5)6)13(7,8)9;1-8(2,3)7-9(4,5)6;1-4(2)3;;/h1-9H3;7H,1-6H3;1-3H3;;1H. The van der Waals surface area contributed by atoms with E-state index in [0.717, 1.165) is 8.55 Å². The van der Waals surface area contributed by atoms with Gasteiger partial charge in [0.1, 0.15) is 0 Å². The van der Waals surface area contributed by atoms with Crippen molar-refractivity contribution in [1.29, 1.82) is 0 Å². The molecule has 0 rings (SSSR count). The van der Waals surface area contributed by atoms with E-state index in [1.54, 1.807) is 0 Å². The minimum Gasteiger partial charge on any atom is -0.0721 e. The van der Waals surface area contributed by atoms with Gasteiger partial charge in [-0.1, -0.05) is 118 Å². The third-order valence-corrected chi connectivity index (χ3v) is 84.1. The Hall–Kier alpha value is 2.53. The van der Waals surface area contributed by atoms with Crippen LogP contribution in [0.1, 0.15) is 1.43 Å². The first-order valence-corrected chi connectivity index (χ1v) is 38.9. The third-order valence-electron chi connectivity index (χ3n) is 3.12. The molecule has 0 heterocycles. The predicted octanol–water partition coefficient (Wildman–Crippen LogP) is 7.06. The van der Waals surface area contributed by atoms with Crippen LogP contribution in [0.5, 0.6) is 0 Å². The molecular formula is C18H57Si8Sn. The Morgan fingerprint density at radius 2 is 0.630 bits per heavy atom. The van der Waals surface area contributed by atoms with Gasteiger partial charge in [-0.2, -0.15) is 0 Å². The minimum absolute atomic E-state index is 0. The summed E-state index contributed by atoms with van der Waals surface area (Å²) in [5.41, 5.74) is 0. The first-order chi connectivity index (χ1) is 10.8. The van der Waals surface area contributed by atoms with Gasteiger partial charge < -0.3 is 0 Å². The van der Waals surface area contributed by atoms with Crippen molar-refractivity contribution in [3.8, 4) is 0 Å². The second kappa shape index (κ2) is 13.8. The molecule has 0 aliphatic heterocycles. The topological polar surface area (TPSA) is 0 Å². The van der Waals surface area contributed by atoms with Crippen LogP contribution in [0.3, 0.4) is 0 Å². The average Bonchev–Trinajstić information content (AvgIpc) is 1.99. The summed E-state index contributed by atoms with van der Waals surface area (Å²) in [6.45, 7) is 45.3. The van der Waals surface area contributed by atoms with E-state index in [1.807, 2.05) is 0 Å². The molecule has 0 aliphatic rings. The number of hydrogen-bond donors (Lipinski definition) is 0. The molecule has 0 bridgehead atoms. The zero-order valence-electron chi connectivity index (χ0n) is 22.6. The fourth-order valence-electron chi connectivity index (χ4n) is 4.67. The first kappa shape index (κ1) is 36.9. The summed E-state index contributed by atoms with van der Waals surface area (Å²) in [7, 11) is -2.80. The van der Waals surface area contributed by atoms with Crippen LogP contribution in [-0.2, 0) is 0 Å². The molecule has 0 unspecified atom stereocenters. The summed E-state index contributed by atoms with van der Waals surface area (Å²) >= 11 is 0. The summed E-state index contributed by atoms with van der Waals surface area (Å²) < 4.78 is 0. The van der Waals surface area contributed by atoms with Crippen LogP contribution in [0.15, 0.2) is 0 Å². The van der Waals surface area contributed by atoms with Crippen LogP contribution in [0, 0.1) is 0 Å². The quantitative estimate of drug-likeness (QED) is 0.290. The van der Waals surface area contributed by atoms with Crippen molar-refractivity contribution in [3.63, 3.8) is 0 Å². The van der Waals surface area contributed by atoms with E-state index < -0.39 is 38.0 Å². The van der Waals surface area contributed by atoms with Crippen molar-refractivity contribution in [1.82, 2.24) is 0 Å². The van der Waals surface area contributed by atoms with Gasteiger partial charge in [0, 0.05) is 88.0 Å². The zero-order chi connectivity index (χ0) is 22.4. The summed E-state index contributed by atoms with van der Waals surface area (Å²) in [4.78, 5) is 0. The second-order valence-corrected chi connectivity index (χ2v) is 76.9. The van der Waals surface area contributed by atoms with Crippen LogP contribution in [0.4, 0.5) is 0 Å². The number of hydrogen-bond acceptors (Lipinski definition) is 0. The zero-order valence-corrected chi connectivity index (χ0v) is 33.6. The fourth-order valence-corrected chi connectivity index (χ4v) is 126. The molecule has 165 valence electrons. The minimum atomic E-state index is -0.832. The van der Waals surface area contributed by atoms with Gasteiger partial charge in [-0.15, -0.1) is 0 Å². The molecule has 0 saturated heterocycles. The number of rotatable bonds is 5. The van der Waals surface area contributed by atoms with E-state index in [-0.39, 0.29) is 41.5 Å². The van der Waals surface area contributed by atoms with Gasteiger partial charge in [-0.05, 0) is 0 Å². The summed E-state index contributed by atoms with van der Waals surface area (Å²) in [5, 5.41) is 0. The Morgan fingerprint density at radius 1 is 0.481 bits per heavy atom. The van der Waals surface area contributed by atoms with Crippen LogP contribution < -0.4 is 0 Å². The second-order valence-electron chi connectivity index (χ2n) is 13.5. The molecule has 0 aromatic carbocycles. The van der Waals surface area contributed by atoms with Crippen molar-refractivity contribution in [3.05, 3.63) is 0 Å². The normalized spacial score (nSPS) is 13.3. The van der Waals surface area contributed by atoms with Gasteiger partial charge >= 0.3 is 0 Å². The van der Waals surface area contributed by atoms with E-state index in [1.165, 1.54) is 0 Å². The molecule has 27 heavy (non-hydrogen) atoms. The summed E-state index contributed by atoms with van der Waals surface area (Å²) in [6.07, 6.45) is 0. The molecule has 0 saturated carbocycles. The molecule has 9 heteroatoms. The molecule has 0 aromatic rings. The predicted molar refractivity (Wildman–Crippen MR) is 161 cm³/mol. The maximum atomic E-state index is 2.61. The summed E-state index contributed by atoms with van der Waals surface area (Å²) in [6, 6.07) is 0. The van der Waals surface area contributed by atoms with Gasteiger partial charge in [0.2, 0.25) is 0 Å². The molecule has 0 aliphatic carbocycles. The van der Waals surface area contributed by atoms with E-state index >= 15 is 0 Å². The van der Waals surface area contributed by atoms with Gasteiger partial charge in [0.15, 0.2) is 0 Å². The Balaban J connectivity index is -0.000000103. The van der Waals surface area contributed by atoms with Gasteiger partial charge in [0.25, 0.3) is 0 Å². The Labute approximate surface area is 204 Å². The van der Waals surface area contributed by atoms with Crippen molar-refractivity contribution in [2.24, 2.45) is 0 Å². The van der Waals surface area contributed by atoms with E-state index in [2.05, 4.69) is 118 Å². The Kier molecular flexibility index (Phi) is 18.9. The molecule has 0 amide bonds. The smallest absolute Gasteiger partial charge is 0.0379 e. The van der Waals surface area contributed by atoms with Gasteiger partial charge in [-0.25, -0.2) is 0 Å². The van der Waals surface area contributed by atoms with Crippen molar-refractivity contribution < 1.29 is 1.43 Å². The van der Waals surface area contributed by atoms with Crippen LogP contribution in [0.2, 0.25) is 118 Å². The van der Waals surface area contributed by atoms with E-state index in [4.69, 9.17) is 0 Å². The van der Waals surface area contributed by atoms with Crippen LogP contribution in [-0.4, -0.2) is 86.6 Å². The summed E-state index contributed by atoms with van der Waals surface area (Å²) in [5.74, 6) is 0. The van der Waals surface area contributed by atoms with E-state index in [9.17, 15) is 0 Å². The Bertz CT molecular complexity index is 323. The largest absolute Gasteiger partial charge is 0.0721 e. The molecular weight excluding hydrogens is 560 g/mol. The van der Waals surface area contributed by atoms with Crippen LogP contribution >= 0.6 is 0 Å².